The van der Waals surface area contributed by atoms with E-state index in [0.29, 0.717) is 5.69 Å². The van der Waals surface area contributed by atoms with Crippen molar-refractivity contribution >= 4 is 33.3 Å². The molecule has 100 valence electrons. The Hall–Kier alpha value is -1.96. The third-order valence-corrected chi connectivity index (χ3v) is 3.07. The predicted molar refractivity (Wildman–Crippen MR) is 69.7 cm³/mol. The summed E-state index contributed by atoms with van der Waals surface area (Å²) < 4.78 is 26.8. The van der Waals surface area contributed by atoms with Crippen LogP contribution in [0.3, 0.4) is 0 Å². The second kappa shape index (κ2) is 4.96. The van der Waals surface area contributed by atoms with Gasteiger partial charge in [0.05, 0.1) is 10.2 Å². The molecule has 19 heavy (non-hydrogen) atoms. The van der Waals surface area contributed by atoms with Crippen molar-refractivity contribution < 1.29 is 13.6 Å². The van der Waals surface area contributed by atoms with E-state index in [9.17, 15) is 13.6 Å². The summed E-state index contributed by atoms with van der Waals surface area (Å²) in [5.41, 5.74) is 5.77. The maximum absolute atomic E-state index is 13.6. The molecule has 0 spiro atoms. The monoisotopic (exact) mass is 330 g/mol. The third-order valence-electron chi connectivity index (χ3n) is 2.46. The number of nitrogen functional groups attached to an aromatic ring is 1. The Morgan fingerprint density at radius 1 is 1.42 bits per heavy atom. The molecule has 4 N–H and O–H groups in total. The van der Waals surface area contributed by atoms with Crippen molar-refractivity contribution in [2.24, 2.45) is 0 Å². The van der Waals surface area contributed by atoms with Gasteiger partial charge in [-0.25, -0.2) is 8.78 Å². The number of halogens is 3. The van der Waals surface area contributed by atoms with Gasteiger partial charge in [0.2, 0.25) is 0 Å². The van der Waals surface area contributed by atoms with Crippen molar-refractivity contribution in [3.63, 3.8) is 0 Å². The van der Waals surface area contributed by atoms with Crippen LogP contribution in [0.4, 0.5) is 20.3 Å². The molecular formula is C11H9BrF2N4O. The fourth-order valence-electron chi connectivity index (χ4n) is 1.54. The normalized spacial score (nSPS) is 10.5. The first-order valence-corrected chi connectivity index (χ1v) is 5.95. The maximum atomic E-state index is 13.6. The number of hydrogen-bond donors (Lipinski definition) is 3. The number of hydrogen-bond acceptors (Lipinski definition) is 3. The lowest BCUT2D eigenvalue weighted by atomic mass is 10.2. The number of carbonyl (C=O) groups is 1. The summed E-state index contributed by atoms with van der Waals surface area (Å²) in [5.74, 6) is -2.12. The van der Waals surface area contributed by atoms with Crippen LogP contribution in [0.1, 0.15) is 16.1 Å². The number of carbonyl (C=O) groups excluding carboxylic acids is 1. The Balaban J connectivity index is 2.32. The van der Waals surface area contributed by atoms with Crippen molar-refractivity contribution in [1.82, 2.24) is 10.2 Å². The van der Waals surface area contributed by atoms with E-state index >= 15 is 0 Å². The number of amides is 1. The van der Waals surface area contributed by atoms with Gasteiger partial charge in [0.25, 0.3) is 5.91 Å². The lowest BCUT2D eigenvalue weighted by molar-refractivity contribution is 0.102. The summed E-state index contributed by atoms with van der Waals surface area (Å²) in [6, 6.07) is 1.81. The molecule has 5 nitrogen and oxygen atoms in total. The van der Waals surface area contributed by atoms with Crippen molar-refractivity contribution in [3.8, 4) is 0 Å². The zero-order valence-electron chi connectivity index (χ0n) is 9.72. The number of aromatic nitrogens is 2. The molecular weight excluding hydrogens is 322 g/mol. The highest BCUT2D eigenvalue weighted by Crippen LogP contribution is 2.24. The number of rotatable bonds is 2. The lowest BCUT2D eigenvalue weighted by Crippen LogP contribution is -2.15. The number of nitrogens with two attached hydrogens (primary N) is 1. The van der Waals surface area contributed by atoms with E-state index in [2.05, 4.69) is 31.4 Å². The van der Waals surface area contributed by atoms with Crippen molar-refractivity contribution in [1.29, 1.82) is 0 Å². The van der Waals surface area contributed by atoms with Crippen LogP contribution in [-0.4, -0.2) is 16.1 Å². The molecule has 1 amide bonds. The Morgan fingerprint density at radius 3 is 2.68 bits per heavy atom. The minimum absolute atomic E-state index is 0.00649. The fourth-order valence-corrected chi connectivity index (χ4v) is 1.85. The molecule has 0 saturated heterocycles. The van der Waals surface area contributed by atoms with E-state index in [4.69, 9.17) is 5.73 Å². The quantitative estimate of drug-likeness (QED) is 0.740. The first-order chi connectivity index (χ1) is 8.90. The summed E-state index contributed by atoms with van der Waals surface area (Å²) in [4.78, 5) is 11.9. The molecule has 2 aromatic rings. The molecule has 8 heteroatoms. The number of aryl methyl sites for hydroxylation is 1. The van der Waals surface area contributed by atoms with E-state index in [1.54, 1.807) is 6.92 Å². The van der Waals surface area contributed by atoms with Gasteiger partial charge >= 0.3 is 0 Å². The minimum Gasteiger partial charge on any atom is -0.382 e. The molecule has 1 aromatic heterocycles. The molecule has 0 fully saturated rings. The highest BCUT2D eigenvalue weighted by atomic mass is 79.9. The van der Waals surface area contributed by atoms with E-state index in [-0.39, 0.29) is 21.5 Å². The van der Waals surface area contributed by atoms with Gasteiger partial charge in [-0.1, -0.05) is 0 Å². The summed E-state index contributed by atoms with van der Waals surface area (Å²) in [6.07, 6.45) is 0. The number of benzene rings is 1. The van der Waals surface area contributed by atoms with Crippen LogP contribution in [-0.2, 0) is 0 Å². The van der Waals surface area contributed by atoms with Crippen molar-refractivity contribution in [3.05, 3.63) is 39.5 Å². The Bertz CT molecular complexity index is 637. The number of nitrogens with zero attached hydrogens (tertiary/aromatic N) is 1. The Labute approximate surface area is 115 Å². The second-order valence-electron chi connectivity index (χ2n) is 3.81. The van der Waals surface area contributed by atoms with Gasteiger partial charge in [-0.3, -0.25) is 9.89 Å². The molecule has 1 aromatic carbocycles. The van der Waals surface area contributed by atoms with Crippen LogP contribution in [0, 0.1) is 18.6 Å². The number of nitrogens with one attached hydrogen (secondary N) is 2. The largest absolute Gasteiger partial charge is 0.382 e. The molecule has 0 unspecified atom stereocenters. The third kappa shape index (κ3) is 2.58. The zero-order valence-corrected chi connectivity index (χ0v) is 11.3. The molecule has 0 atom stereocenters. The SMILES string of the molecule is Cc1[nH]nc(N)c1C(=O)Nc1cc(F)c(Br)cc1F. The van der Waals surface area contributed by atoms with Crippen LogP contribution in [0.2, 0.25) is 0 Å². The molecule has 0 aliphatic carbocycles. The van der Waals surface area contributed by atoms with Gasteiger partial charge in [0.15, 0.2) is 5.82 Å². The minimum atomic E-state index is -0.763. The fraction of sp³-hybridized carbons (Fsp3) is 0.0909. The zero-order chi connectivity index (χ0) is 14.2. The molecule has 1 heterocycles. The van der Waals surface area contributed by atoms with Crippen LogP contribution in [0.25, 0.3) is 0 Å². The second-order valence-corrected chi connectivity index (χ2v) is 4.66. The molecule has 0 radical (unpaired) electrons. The smallest absolute Gasteiger partial charge is 0.261 e. The van der Waals surface area contributed by atoms with Crippen LogP contribution in [0.15, 0.2) is 16.6 Å². The standard InChI is InChI=1S/C11H9BrF2N4O/c1-4-9(10(15)18-17-4)11(19)16-8-3-6(13)5(12)2-7(8)14/h2-3H,1H3,(H,16,19)(H3,15,17,18). The average molecular weight is 331 g/mol. The first-order valence-electron chi connectivity index (χ1n) is 5.16. The number of aromatic amines is 1. The number of H-pyrrole nitrogens is 1. The van der Waals surface area contributed by atoms with E-state index in [0.717, 1.165) is 12.1 Å². The van der Waals surface area contributed by atoms with Crippen molar-refractivity contribution in [2.75, 3.05) is 11.1 Å². The summed E-state index contributed by atoms with van der Waals surface area (Å²) >= 11 is 2.85. The van der Waals surface area contributed by atoms with Crippen LogP contribution in [0.5, 0.6) is 0 Å². The van der Waals surface area contributed by atoms with E-state index in [1.807, 2.05) is 0 Å². The van der Waals surface area contributed by atoms with Gasteiger partial charge in [0.1, 0.15) is 17.2 Å². The van der Waals surface area contributed by atoms with Crippen LogP contribution >= 0.6 is 15.9 Å². The summed E-state index contributed by atoms with van der Waals surface area (Å²) in [7, 11) is 0. The first kappa shape index (κ1) is 13.5. The summed E-state index contributed by atoms with van der Waals surface area (Å²) in [6.45, 7) is 1.59. The van der Waals surface area contributed by atoms with E-state index in [1.165, 1.54) is 0 Å². The highest BCUT2D eigenvalue weighted by Gasteiger charge is 2.18. The van der Waals surface area contributed by atoms with Crippen LogP contribution < -0.4 is 11.1 Å². The molecule has 0 saturated carbocycles. The Kier molecular flexibility index (Phi) is 3.52. The number of anilines is 2. The molecule has 0 aliphatic rings. The molecule has 2 rings (SSSR count). The van der Waals surface area contributed by atoms with Gasteiger partial charge in [0, 0.05) is 11.8 Å². The highest BCUT2D eigenvalue weighted by molar-refractivity contribution is 9.10. The van der Waals surface area contributed by atoms with E-state index < -0.39 is 17.5 Å². The molecule has 0 bridgehead atoms. The van der Waals surface area contributed by atoms with Gasteiger partial charge < -0.3 is 11.1 Å². The van der Waals surface area contributed by atoms with Gasteiger partial charge in [-0.15, -0.1) is 0 Å². The van der Waals surface area contributed by atoms with Crippen molar-refractivity contribution in [2.45, 2.75) is 6.92 Å². The maximum Gasteiger partial charge on any atom is 0.261 e. The lowest BCUT2D eigenvalue weighted by Gasteiger charge is -2.07. The predicted octanol–water partition coefficient (Wildman–Crippen LogP) is 2.59. The van der Waals surface area contributed by atoms with Gasteiger partial charge in [-0.2, -0.15) is 5.10 Å². The Morgan fingerprint density at radius 2 is 2.11 bits per heavy atom. The van der Waals surface area contributed by atoms with Gasteiger partial charge in [-0.05, 0) is 28.9 Å². The topological polar surface area (TPSA) is 83.8 Å². The summed E-state index contributed by atoms with van der Waals surface area (Å²) in [5, 5.41) is 8.42. The average Bonchev–Trinajstić information content (AvgIpc) is 2.66. The molecule has 0 aliphatic heterocycles.